The molecule has 2 aromatic carbocycles. The summed E-state index contributed by atoms with van der Waals surface area (Å²) in [4.78, 5) is 17.9. The van der Waals surface area contributed by atoms with Crippen molar-refractivity contribution in [2.75, 3.05) is 16.8 Å². The lowest BCUT2D eigenvalue weighted by molar-refractivity contribution is -0.117. The Morgan fingerprint density at radius 2 is 1.87 bits per heavy atom. The first kappa shape index (κ1) is 15.1. The van der Waals surface area contributed by atoms with Crippen molar-refractivity contribution in [3.8, 4) is 0 Å². The molecule has 1 saturated heterocycles. The van der Waals surface area contributed by atoms with Gasteiger partial charge in [-0.15, -0.1) is 0 Å². The van der Waals surface area contributed by atoms with Crippen LogP contribution in [0.2, 0.25) is 0 Å². The van der Waals surface area contributed by atoms with E-state index in [1.54, 1.807) is 0 Å². The van der Waals surface area contributed by atoms with Gasteiger partial charge in [0, 0.05) is 24.3 Å². The van der Waals surface area contributed by atoms with E-state index >= 15 is 0 Å². The molecule has 0 radical (unpaired) electrons. The standard InChI is InChI=1S/C18H20N4O/c19-18(21-15-5-2-1-3-6-15)20-13-14-8-10-16(11-9-14)22-12-4-7-17(22)23/h1-3,5-6,8-11H,4,7,12-13H2,(H3,19,20,21). The highest BCUT2D eigenvalue weighted by molar-refractivity contribution is 5.95. The summed E-state index contributed by atoms with van der Waals surface area (Å²) in [5.41, 5.74) is 8.81. The van der Waals surface area contributed by atoms with Crippen LogP contribution in [-0.2, 0) is 11.3 Å². The molecule has 1 fully saturated rings. The number of benzene rings is 2. The van der Waals surface area contributed by atoms with Gasteiger partial charge in [-0.1, -0.05) is 30.3 Å². The zero-order chi connectivity index (χ0) is 16.1. The molecule has 118 valence electrons. The molecule has 1 aliphatic rings. The molecule has 3 N–H and O–H groups in total. The molecule has 0 atom stereocenters. The first-order valence-electron chi connectivity index (χ1n) is 7.74. The maximum atomic E-state index is 11.7. The van der Waals surface area contributed by atoms with E-state index in [-0.39, 0.29) is 5.91 Å². The van der Waals surface area contributed by atoms with Gasteiger partial charge in [-0.25, -0.2) is 4.99 Å². The van der Waals surface area contributed by atoms with Crippen LogP contribution in [0.25, 0.3) is 0 Å². The van der Waals surface area contributed by atoms with Gasteiger partial charge in [-0.3, -0.25) is 4.79 Å². The lowest BCUT2D eigenvalue weighted by Gasteiger charge is -2.15. The van der Waals surface area contributed by atoms with Crippen LogP contribution in [-0.4, -0.2) is 18.4 Å². The number of amides is 1. The molecule has 5 heteroatoms. The van der Waals surface area contributed by atoms with Crippen molar-refractivity contribution in [2.24, 2.45) is 10.7 Å². The molecule has 3 rings (SSSR count). The van der Waals surface area contributed by atoms with Gasteiger partial charge in [0.05, 0.1) is 6.54 Å². The molecule has 1 amide bonds. The molecule has 0 bridgehead atoms. The zero-order valence-corrected chi connectivity index (χ0v) is 12.9. The third kappa shape index (κ3) is 3.88. The third-order valence-corrected chi connectivity index (χ3v) is 3.80. The van der Waals surface area contributed by atoms with Gasteiger partial charge in [0.25, 0.3) is 0 Å². The quantitative estimate of drug-likeness (QED) is 0.674. The van der Waals surface area contributed by atoms with Crippen LogP contribution in [0.15, 0.2) is 59.6 Å². The number of rotatable bonds is 4. The molecule has 0 saturated carbocycles. The number of guanidine groups is 1. The van der Waals surface area contributed by atoms with Gasteiger partial charge >= 0.3 is 0 Å². The molecule has 23 heavy (non-hydrogen) atoms. The van der Waals surface area contributed by atoms with E-state index in [2.05, 4.69) is 10.3 Å². The lowest BCUT2D eigenvalue weighted by Crippen LogP contribution is -2.23. The van der Waals surface area contributed by atoms with Gasteiger partial charge < -0.3 is 16.0 Å². The molecular formula is C18H20N4O. The summed E-state index contributed by atoms with van der Waals surface area (Å²) in [5, 5.41) is 3.05. The SMILES string of the molecule is NC(=NCc1ccc(N2CCCC2=O)cc1)Nc1ccccc1. The van der Waals surface area contributed by atoms with E-state index in [4.69, 9.17) is 5.73 Å². The number of hydrogen-bond acceptors (Lipinski definition) is 2. The van der Waals surface area contributed by atoms with Crippen LogP contribution in [0.4, 0.5) is 11.4 Å². The number of nitrogens with one attached hydrogen (secondary N) is 1. The van der Waals surface area contributed by atoms with Crippen molar-refractivity contribution in [1.29, 1.82) is 0 Å². The van der Waals surface area contributed by atoms with Gasteiger partial charge in [0.2, 0.25) is 5.91 Å². The molecule has 2 aromatic rings. The Bertz CT molecular complexity index is 695. The van der Waals surface area contributed by atoms with Gasteiger partial charge in [0.15, 0.2) is 5.96 Å². The van der Waals surface area contributed by atoms with Crippen LogP contribution in [0, 0.1) is 0 Å². The Morgan fingerprint density at radius 3 is 2.52 bits per heavy atom. The second-order valence-corrected chi connectivity index (χ2v) is 5.51. The van der Waals surface area contributed by atoms with Crippen molar-refractivity contribution in [1.82, 2.24) is 0 Å². The molecule has 0 aromatic heterocycles. The summed E-state index contributed by atoms with van der Waals surface area (Å²) in [7, 11) is 0. The fourth-order valence-electron chi connectivity index (χ4n) is 2.59. The number of aliphatic imine (C=N–C) groups is 1. The average Bonchev–Trinajstić information content (AvgIpc) is 3.00. The summed E-state index contributed by atoms with van der Waals surface area (Å²) in [6.07, 6.45) is 1.58. The highest BCUT2D eigenvalue weighted by atomic mass is 16.2. The van der Waals surface area contributed by atoms with Crippen LogP contribution in [0.1, 0.15) is 18.4 Å². The van der Waals surface area contributed by atoms with Crippen molar-refractivity contribution < 1.29 is 4.79 Å². The number of carbonyl (C=O) groups is 1. The van der Waals surface area contributed by atoms with Gasteiger partial charge in [0.1, 0.15) is 0 Å². The van der Waals surface area contributed by atoms with Crippen LogP contribution in [0.3, 0.4) is 0 Å². The van der Waals surface area contributed by atoms with Gasteiger partial charge in [-0.05, 0) is 36.2 Å². The molecule has 5 nitrogen and oxygen atoms in total. The van der Waals surface area contributed by atoms with Crippen LogP contribution < -0.4 is 16.0 Å². The maximum absolute atomic E-state index is 11.7. The first-order valence-corrected chi connectivity index (χ1v) is 7.74. The summed E-state index contributed by atoms with van der Waals surface area (Å²) < 4.78 is 0. The summed E-state index contributed by atoms with van der Waals surface area (Å²) in [6, 6.07) is 17.6. The molecule has 1 aliphatic heterocycles. The largest absolute Gasteiger partial charge is 0.370 e. The van der Waals surface area contributed by atoms with Crippen molar-refractivity contribution in [3.63, 3.8) is 0 Å². The molecule has 0 unspecified atom stereocenters. The number of para-hydroxylation sites is 1. The van der Waals surface area contributed by atoms with E-state index < -0.39 is 0 Å². The van der Waals surface area contributed by atoms with E-state index in [0.717, 1.165) is 29.9 Å². The lowest BCUT2D eigenvalue weighted by atomic mass is 10.2. The maximum Gasteiger partial charge on any atom is 0.227 e. The number of anilines is 2. The van der Waals surface area contributed by atoms with Crippen molar-refractivity contribution in [2.45, 2.75) is 19.4 Å². The van der Waals surface area contributed by atoms with E-state index in [1.165, 1.54) is 0 Å². The molecule has 0 spiro atoms. The predicted molar refractivity (Wildman–Crippen MR) is 93.4 cm³/mol. The topological polar surface area (TPSA) is 70.7 Å². The molecular weight excluding hydrogens is 288 g/mol. The second-order valence-electron chi connectivity index (χ2n) is 5.51. The van der Waals surface area contributed by atoms with Crippen LogP contribution >= 0.6 is 0 Å². The predicted octanol–water partition coefficient (Wildman–Crippen LogP) is 2.74. The van der Waals surface area contributed by atoms with Crippen molar-refractivity contribution in [3.05, 3.63) is 60.2 Å². The fraction of sp³-hybridized carbons (Fsp3) is 0.222. The minimum absolute atomic E-state index is 0.201. The monoisotopic (exact) mass is 308 g/mol. The second kappa shape index (κ2) is 6.96. The zero-order valence-electron chi connectivity index (χ0n) is 12.9. The van der Waals surface area contributed by atoms with E-state index in [0.29, 0.717) is 18.9 Å². The normalized spacial score (nSPS) is 15.0. The minimum Gasteiger partial charge on any atom is -0.370 e. The fourth-order valence-corrected chi connectivity index (χ4v) is 2.59. The Hall–Kier alpha value is -2.82. The average molecular weight is 308 g/mol. The smallest absolute Gasteiger partial charge is 0.227 e. The number of nitrogens with two attached hydrogens (primary N) is 1. The Labute approximate surface area is 135 Å². The number of hydrogen-bond donors (Lipinski definition) is 2. The summed E-state index contributed by atoms with van der Waals surface area (Å²) in [6.45, 7) is 1.31. The number of carbonyl (C=O) groups excluding carboxylic acids is 1. The van der Waals surface area contributed by atoms with E-state index in [1.807, 2.05) is 59.5 Å². The highest BCUT2D eigenvalue weighted by Crippen LogP contribution is 2.21. The van der Waals surface area contributed by atoms with Gasteiger partial charge in [-0.2, -0.15) is 0 Å². The summed E-state index contributed by atoms with van der Waals surface area (Å²) >= 11 is 0. The molecule has 1 heterocycles. The Kier molecular flexibility index (Phi) is 4.57. The first-order chi connectivity index (χ1) is 11.2. The third-order valence-electron chi connectivity index (χ3n) is 3.80. The van der Waals surface area contributed by atoms with Crippen LogP contribution in [0.5, 0.6) is 0 Å². The summed E-state index contributed by atoms with van der Waals surface area (Å²) in [5.74, 6) is 0.585. The van der Waals surface area contributed by atoms with Crippen molar-refractivity contribution >= 4 is 23.2 Å². The number of nitrogens with zero attached hydrogens (tertiary/aromatic N) is 2. The minimum atomic E-state index is 0.201. The Balaban J connectivity index is 1.59. The highest BCUT2D eigenvalue weighted by Gasteiger charge is 2.21. The Morgan fingerprint density at radius 1 is 1.13 bits per heavy atom. The molecule has 0 aliphatic carbocycles. The van der Waals surface area contributed by atoms with E-state index in [9.17, 15) is 4.79 Å².